The van der Waals surface area contributed by atoms with Gasteiger partial charge in [0.05, 0.1) is 0 Å². The Hall–Kier alpha value is -1.91. The predicted molar refractivity (Wildman–Crippen MR) is 83.8 cm³/mol. The minimum Gasteiger partial charge on any atom is -0.480 e. The number of carbonyl (C=O) groups is 2. The molecule has 22 heavy (non-hydrogen) atoms. The number of likely N-dealkylation sites (tertiary alicyclic amines) is 1. The number of rotatable bonds is 3. The second-order valence-electron chi connectivity index (χ2n) is 6.89. The topological polar surface area (TPSA) is 70.5 Å². The Morgan fingerprint density at radius 3 is 2.59 bits per heavy atom. The highest BCUT2D eigenvalue weighted by atomic mass is 16.4. The minimum absolute atomic E-state index is 0.000137. The van der Waals surface area contributed by atoms with Crippen LogP contribution in [0.5, 0.6) is 0 Å². The van der Waals surface area contributed by atoms with Gasteiger partial charge in [-0.1, -0.05) is 27.7 Å². The van der Waals surface area contributed by atoms with Crippen LogP contribution in [-0.2, 0) is 10.2 Å². The molecule has 120 valence electrons. The normalized spacial score (nSPS) is 21.9. The summed E-state index contributed by atoms with van der Waals surface area (Å²) in [5, 5.41) is 9.37. The van der Waals surface area contributed by atoms with Gasteiger partial charge in [-0.05, 0) is 31.4 Å². The van der Waals surface area contributed by atoms with Gasteiger partial charge in [0.2, 0.25) is 0 Å². The van der Waals surface area contributed by atoms with Gasteiger partial charge in [-0.3, -0.25) is 9.78 Å². The molecule has 0 bridgehead atoms. The van der Waals surface area contributed by atoms with E-state index in [4.69, 9.17) is 0 Å². The van der Waals surface area contributed by atoms with E-state index in [1.807, 2.05) is 27.7 Å². The molecular weight excluding hydrogens is 280 g/mol. The van der Waals surface area contributed by atoms with Gasteiger partial charge in [-0.15, -0.1) is 0 Å². The summed E-state index contributed by atoms with van der Waals surface area (Å²) in [6, 6.07) is 2.73. The predicted octanol–water partition coefficient (Wildman–Crippen LogP) is 2.85. The lowest BCUT2D eigenvalue weighted by atomic mass is 9.90. The molecule has 5 heteroatoms. The fourth-order valence-electron chi connectivity index (χ4n) is 2.96. The molecule has 2 atom stereocenters. The van der Waals surface area contributed by atoms with Crippen molar-refractivity contribution >= 4 is 11.9 Å². The third-order valence-electron chi connectivity index (χ3n) is 4.27. The molecule has 5 nitrogen and oxygen atoms in total. The van der Waals surface area contributed by atoms with Crippen molar-refractivity contribution in [1.82, 2.24) is 9.88 Å². The Morgan fingerprint density at radius 2 is 2.05 bits per heavy atom. The summed E-state index contributed by atoms with van der Waals surface area (Å²) in [4.78, 5) is 30.1. The third kappa shape index (κ3) is 3.13. The van der Waals surface area contributed by atoms with E-state index in [9.17, 15) is 14.7 Å². The Morgan fingerprint density at radius 1 is 1.36 bits per heavy atom. The van der Waals surface area contributed by atoms with Crippen LogP contribution in [0.4, 0.5) is 0 Å². The number of carbonyl (C=O) groups excluding carboxylic acids is 1. The zero-order valence-corrected chi connectivity index (χ0v) is 13.7. The molecule has 1 saturated heterocycles. The molecule has 0 spiro atoms. The Bertz CT molecular complexity index is 578. The molecule has 1 N–H and O–H groups in total. The summed E-state index contributed by atoms with van der Waals surface area (Å²) in [5.41, 5.74) is 1.20. The van der Waals surface area contributed by atoms with Crippen LogP contribution in [0.25, 0.3) is 0 Å². The van der Waals surface area contributed by atoms with Gasteiger partial charge in [0.1, 0.15) is 6.04 Å². The van der Waals surface area contributed by atoms with Gasteiger partial charge in [0.15, 0.2) is 0 Å². The molecule has 2 heterocycles. The molecular formula is C17H24N2O3. The van der Waals surface area contributed by atoms with Crippen LogP contribution in [0.1, 0.15) is 63.0 Å². The molecule has 1 aromatic rings. The summed E-state index contributed by atoms with van der Waals surface area (Å²) in [6.07, 6.45) is 3.67. The van der Waals surface area contributed by atoms with Crippen LogP contribution in [0.2, 0.25) is 0 Å². The van der Waals surface area contributed by atoms with E-state index in [0.29, 0.717) is 12.0 Å². The van der Waals surface area contributed by atoms with E-state index in [1.54, 1.807) is 23.2 Å². The van der Waals surface area contributed by atoms with Gasteiger partial charge in [-0.2, -0.15) is 0 Å². The number of pyridine rings is 1. The standard InChI is InChI=1S/C17H24N2O3/c1-5-12-6-7-13(16(21)22)19(12)15(20)11-8-9-18-14(10-11)17(2,3)4/h8-10,12-13H,5-7H2,1-4H3,(H,21,22)/t12-,13-/m1/s1. The number of carboxylic acid groups (broad SMARTS) is 1. The number of hydrogen-bond donors (Lipinski definition) is 1. The molecule has 0 saturated carbocycles. The maximum absolute atomic E-state index is 12.8. The summed E-state index contributed by atoms with van der Waals surface area (Å²) in [6.45, 7) is 8.10. The van der Waals surface area contributed by atoms with Crippen molar-refractivity contribution in [3.63, 3.8) is 0 Å². The van der Waals surface area contributed by atoms with Crippen LogP contribution in [-0.4, -0.2) is 39.0 Å². The molecule has 0 radical (unpaired) electrons. The molecule has 1 aliphatic rings. The van der Waals surface area contributed by atoms with Gasteiger partial charge < -0.3 is 10.0 Å². The minimum atomic E-state index is -0.922. The first-order chi connectivity index (χ1) is 10.3. The zero-order valence-electron chi connectivity index (χ0n) is 13.7. The molecule has 1 aromatic heterocycles. The van der Waals surface area contributed by atoms with E-state index in [2.05, 4.69) is 4.98 Å². The highest BCUT2D eigenvalue weighted by Crippen LogP contribution is 2.29. The maximum atomic E-state index is 12.8. The smallest absolute Gasteiger partial charge is 0.326 e. The molecule has 0 aliphatic carbocycles. The molecule has 1 aliphatic heterocycles. The number of carboxylic acids is 1. The van der Waals surface area contributed by atoms with Crippen molar-refractivity contribution in [2.75, 3.05) is 0 Å². The molecule has 2 rings (SSSR count). The number of aliphatic carboxylic acids is 1. The van der Waals surface area contributed by atoms with Crippen molar-refractivity contribution in [3.8, 4) is 0 Å². The highest BCUT2D eigenvalue weighted by molar-refractivity contribution is 5.97. The SMILES string of the molecule is CC[C@@H]1CC[C@H](C(=O)O)N1C(=O)c1ccnc(C(C)(C)C)c1. The zero-order chi connectivity index (χ0) is 16.5. The summed E-state index contributed by atoms with van der Waals surface area (Å²) in [5.74, 6) is -1.13. The summed E-state index contributed by atoms with van der Waals surface area (Å²) < 4.78 is 0. The van der Waals surface area contributed by atoms with E-state index in [1.165, 1.54) is 0 Å². The van der Waals surface area contributed by atoms with Crippen molar-refractivity contribution < 1.29 is 14.7 Å². The van der Waals surface area contributed by atoms with Gasteiger partial charge in [-0.25, -0.2) is 4.79 Å². The fraction of sp³-hybridized carbons (Fsp3) is 0.588. The lowest BCUT2D eigenvalue weighted by Crippen LogP contribution is -2.44. The Balaban J connectivity index is 2.35. The number of aromatic nitrogens is 1. The summed E-state index contributed by atoms with van der Waals surface area (Å²) >= 11 is 0. The first kappa shape index (κ1) is 16.5. The van der Waals surface area contributed by atoms with Crippen molar-refractivity contribution in [3.05, 3.63) is 29.6 Å². The largest absolute Gasteiger partial charge is 0.480 e. The van der Waals surface area contributed by atoms with Crippen LogP contribution in [0.15, 0.2) is 18.3 Å². The van der Waals surface area contributed by atoms with Crippen LogP contribution >= 0.6 is 0 Å². The van der Waals surface area contributed by atoms with E-state index >= 15 is 0 Å². The monoisotopic (exact) mass is 304 g/mol. The van der Waals surface area contributed by atoms with E-state index in [-0.39, 0.29) is 17.4 Å². The molecule has 0 aromatic carbocycles. The first-order valence-electron chi connectivity index (χ1n) is 7.77. The lowest BCUT2D eigenvalue weighted by Gasteiger charge is -2.28. The van der Waals surface area contributed by atoms with Crippen LogP contribution in [0.3, 0.4) is 0 Å². The summed E-state index contributed by atoms with van der Waals surface area (Å²) in [7, 11) is 0. The quantitative estimate of drug-likeness (QED) is 0.932. The van der Waals surface area contributed by atoms with Crippen molar-refractivity contribution in [1.29, 1.82) is 0 Å². The van der Waals surface area contributed by atoms with E-state index < -0.39 is 12.0 Å². The van der Waals surface area contributed by atoms with Crippen molar-refractivity contribution in [2.24, 2.45) is 0 Å². The second-order valence-corrected chi connectivity index (χ2v) is 6.89. The third-order valence-corrected chi connectivity index (χ3v) is 4.27. The first-order valence-corrected chi connectivity index (χ1v) is 7.77. The Labute approximate surface area is 131 Å². The van der Waals surface area contributed by atoms with Gasteiger partial charge in [0.25, 0.3) is 5.91 Å². The lowest BCUT2D eigenvalue weighted by molar-refractivity contribution is -0.141. The Kier molecular flexibility index (Phi) is 4.54. The fourth-order valence-corrected chi connectivity index (χ4v) is 2.96. The number of nitrogens with zero attached hydrogens (tertiary/aromatic N) is 2. The number of hydrogen-bond acceptors (Lipinski definition) is 3. The van der Waals surface area contributed by atoms with Crippen molar-refractivity contribution in [2.45, 2.75) is 64.5 Å². The molecule has 0 unspecified atom stereocenters. The highest BCUT2D eigenvalue weighted by Gasteiger charge is 2.40. The van der Waals surface area contributed by atoms with E-state index in [0.717, 1.165) is 18.5 Å². The average molecular weight is 304 g/mol. The van der Waals surface area contributed by atoms with Gasteiger partial charge >= 0.3 is 5.97 Å². The van der Waals surface area contributed by atoms with Crippen LogP contribution in [0, 0.1) is 0 Å². The van der Waals surface area contributed by atoms with Crippen LogP contribution < -0.4 is 0 Å². The maximum Gasteiger partial charge on any atom is 0.326 e. The molecule has 1 fully saturated rings. The second kappa shape index (κ2) is 6.07. The average Bonchev–Trinajstić information content (AvgIpc) is 2.89. The number of amides is 1. The molecule has 1 amide bonds. The van der Waals surface area contributed by atoms with Gasteiger partial charge in [0, 0.05) is 28.9 Å².